The number of anilines is 1. The van der Waals surface area contributed by atoms with E-state index in [2.05, 4.69) is 41.4 Å². The van der Waals surface area contributed by atoms with Crippen molar-refractivity contribution in [2.24, 2.45) is 0 Å². The van der Waals surface area contributed by atoms with E-state index >= 15 is 0 Å². The molecule has 4 heteroatoms. The first-order chi connectivity index (χ1) is 9.72. The highest BCUT2D eigenvalue weighted by molar-refractivity contribution is 5.87. The molecular weight excluding hydrogens is 250 g/mol. The molecule has 4 nitrogen and oxygen atoms in total. The first-order valence-corrected chi connectivity index (χ1v) is 7.56. The number of carbonyl (C=O) groups excluding carboxylic acids is 1. The average molecular weight is 273 g/mol. The number of hydrogen-bond donors (Lipinski definition) is 1. The van der Waals surface area contributed by atoms with Gasteiger partial charge < -0.3 is 15.1 Å². The fraction of sp³-hybridized carbons (Fsp3) is 0.562. The zero-order valence-electron chi connectivity index (χ0n) is 12.3. The number of fused-ring (bicyclic) bond motifs is 1. The summed E-state index contributed by atoms with van der Waals surface area (Å²) in [5.74, 6) is 0.265. The number of amides is 1. The van der Waals surface area contributed by atoms with Gasteiger partial charge >= 0.3 is 0 Å². The van der Waals surface area contributed by atoms with E-state index in [1.807, 2.05) is 11.9 Å². The van der Waals surface area contributed by atoms with Crippen LogP contribution in [0.15, 0.2) is 24.3 Å². The van der Waals surface area contributed by atoms with Gasteiger partial charge in [-0.2, -0.15) is 0 Å². The topological polar surface area (TPSA) is 35.6 Å². The Bertz CT molecular complexity index is 502. The fourth-order valence-electron chi connectivity index (χ4n) is 3.46. The molecule has 1 saturated heterocycles. The average Bonchev–Trinajstić information content (AvgIpc) is 2.80. The molecule has 1 aromatic rings. The van der Waals surface area contributed by atoms with Gasteiger partial charge in [-0.3, -0.25) is 4.79 Å². The van der Waals surface area contributed by atoms with Gasteiger partial charge in [-0.15, -0.1) is 0 Å². The van der Waals surface area contributed by atoms with Crippen molar-refractivity contribution in [2.45, 2.75) is 31.8 Å². The van der Waals surface area contributed by atoms with Gasteiger partial charge in [0.15, 0.2) is 0 Å². The highest BCUT2D eigenvalue weighted by Crippen LogP contribution is 2.36. The van der Waals surface area contributed by atoms with E-state index < -0.39 is 0 Å². The molecule has 2 heterocycles. The van der Waals surface area contributed by atoms with E-state index in [9.17, 15) is 4.79 Å². The first-order valence-electron chi connectivity index (χ1n) is 7.56. The normalized spacial score (nSPS) is 26.0. The van der Waals surface area contributed by atoms with Crippen molar-refractivity contribution in [3.63, 3.8) is 0 Å². The van der Waals surface area contributed by atoms with Gasteiger partial charge in [-0.25, -0.2) is 0 Å². The minimum absolute atomic E-state index is 0.0312. The van der Waals surface area contributed by atoms with Crippen LogP contribution < -0.4 is 10.2 Å². The first kappa shape index (κ1) is 13.4. The lowest BCUT2D eigenvalue weighted by atomic mass is 9.94. The van der Waals surface area contributed by atoms with Crippen LogP contribution in [0.3, 0.4) is 0 Å². The third kappa shape index (κ3) is 2.18. The third-order valence-corrected chi connectivity index (χ3v) is 4.51. The number of rotatable bonds is 3. The molecule has 20 heavy (non-hydrogen) atoms. The fourth-order valence-corrected chi connectivity index (χ4v) is 3.46. The summed E-state index contributed by atoms with van der Waals surface area (Å²) in [6.45, 7) is 4.95. The number of hydrogen-bond acceptors (Lipinski definition) is 3. The molecule has 1 aromatic carbocycles. The number of nitrogens with zero attached hydrogens (tertiary/aromatic N) is 2. The summed E-state index contributed by atoms with van der Waals surface area (Å²) < 4.78 is 0. The highest BCUT2D eigenvalue weighted by Gasteiger charge is 2.37. The van der Waals surface area contributed by atoms with Gasteiger partial charge in [0.1, 0.15) is 6.04 Å². The van der Waals surface area contributed by atoms with Gasteiger partial charge in [-0.1, -0.05) is 25.1 Å². The van der Waals surface area contributed by atoms with E-state index in [0.29, 0.717) is 6.04 Å². The Labute approximate surface area is 120 Å². The van der Waals surface area contributed by atoms with Crippen molar-refractivity contribution < 1.29 is 4.79 Å². The molecule has 3 rings (SSSR count). The van der Waals surface area contributed by atoms with Crippen LogP contribution in [0, 0.1) is 0 Å². The van der Waals surface area contributed by atoms with Gasteiger partial charge in [0.2, 0.25) is 5.91 Å². The SMILES string of the molecule is CCNC1CCN(C2CCN(C)C2=O)c2ccccc21. The molecule has 108 valence electrons. The highest BCUT2D eigenvalue weighted by atomic mass is 16.2. The molecule has 2 unspecified atom stereocenters. The van der Waals surface area contributed by atoms with E-state index in [0.717, 1.165) is 32.5 Å². The van der Waals surface area contributed by atoms with Crippen molar-refractivity contribution in [1.82, 2.24) is 10.2 Å². The summed E-state index contributed by atoms with van der Waals surface area (Å²) in [4.78, 5) is 16.5. The van der Waals surface area contributed by atoms with Crippen LogP contribution in [0.4, 0.5) is 5.69 Å². The molecule has 0 radical (unpaired) electrons. The molecule has 1 fully saturated rings. The van der Waals surface area contributed by atoms with Gasteiger partial charge in [0.05, 0.1) is 0 Å². The minimum Gasteiger partial charge on any atom is -0.359 e. The Morgan fingerprint density at radius 2 is 2.05 bits per heavy atom. The summed E-state index contributed by atoms with van der Waals surface area (Å²) in [5, 5.41) is 3.55. The van der Waals surface area contributed by atoms with Crippen LogP contribution in [0.25, 0.3) is 0 Å². The second-order valence-corrected chi connectivity index (χ2v) is 5.72. The Balaban J connectivity index is 1.91. The minimum atomic E-state index is 0.0312. The van der Waals surface area contributed by atoms with Crippen molar-refractivity contribution in [3.05, 3.63) is 29.8 Å². The third-order valence-electron chi connectivity index (χ3n) is 4.51. The molecule has 0 saturated carbocycles. The molecule has 0 spiro atoms. The molecule has 1 N–H and O–H groups in total. The number of benzene rings is 1. The molecule has 2 atom stereocenters. The van der Waals surface area contributed by atoms with E-state index in [1.165, 1.54) is 11.3 Å². The molecule has 2 aliphatic heterocycles. The molecule has 2 aliphatic rings. The Hall–Kier alpha value is -1.55. The lowest BCUT2D eigenvalue weighted by Crippen LogP contribution is -2.45. The van der Waals surface area contributed by atoms with Crippen LogP contribution in [0.2, 0.25) is 0 Å². The van der Waals surface area contributed by atoms with Crippen LogP contribution in [-0.2, 0) is 4.79 Å². The number of nitrogens with one attached hydrogen (secondary N) is 1. The molecule has 0 aliphatic carbocycles. The van der Waals surface area contributed by atoms with Crippen molar-refractivity contribution in [2.75, 3.05) is 31.6 Å². The predicted octanol–water partition coefficient (Wildman–Crippen LogP) is 1.78. The van der Waals surface area contributed by atoms with Crippen LogP contribution in [0.5, 0.6) is 0 Å². The molecule has 0 bridgehead atoms. The molecule has 0 aromatic heterocycles. The lowest BCUT2D eigenvalue weighted by Gasteiger charge is -2.38. The Kier molecular flexibility index (Phi) is 3.66. The summed E-state index contributed by atoms with van der Waals surface area (Å²) in [6, 6.07) is 8.96. The maximum atomic E-state index is 12.3. The Morgan fingerprint density at radius 1 is 1.25 bits per heavy atom. The van der Waals surface area contributed by atoms with Crippen LogP contribution in [-0.4, -0.2) is 43.5 Å². The van der Waals surface area contributed by atoms with E-state index in [1.54, 1.807) is 0 Å². The van der Waals surface area contributed by atoms with E-state index in [4.69, 9.17) is 0 Å². The van der Waals surface area contributed by atoms with Crippen molar-refractivity contribution in [1.29, 1.82) is 0 Å². The quantitative estimate of drug-likeness (QED) is 0.912. The zero-order valence-corrected chi connectivity index (χ0v) is 12.3. The predicted molar refractivity (Wildman–Crippen MR) is 80.9 cm³/mol. The summed E-state index contributed by atoms with van der Waals surface area (Å²) >= 11 is 0. The summed E-state index contributed by atoms with van der Waals surface area (Å²) in [5.41, 5.74) is 2.57. The number of para-hydroxylation sites is 1. The maximum absolute atomic E-state index is 12.3. The number of carbonyl (C=O) groups is 1. The largest absolute Gasteiger partial charge is 0.359 e. The number of likely N-dealkylation sites (tertiary alicyclic amines) is 1. The standard InChI is InChI=1S/C16H23N3O/c1-3-17-13-8-11-19(14-7-5-4-6-12(13)14)15-9-10-18(2)16(15)20/h4-7,13,15,17H,3,8-11H2,1-2H3. The van der Waals surface area contributed by atoms with Crippen LogP contribution in [0.1, 0.15) is 31.4 Å². The maximum Gasteiger partial charge on any atom is 0.245 e. The van der Waals surface area contributed by atoms with Gasteiger partial charge in [0, 0.05) is 31.9 Å². The van der Waals surface area contributed by atoms with Gasteiger partial charge in [0.25, 0.3) is 0 Å². The summed E-state index contributed by atoms with van der Waals surface area (Å²) in [6.07, 6.45) is 2.01. The Morgan fingerprint density at radius 3 is 2.75 bits per heavy atom. The summed E-state index contributed by atoms with van der Waals surface area (Å²) in [7, 11) is 1.90. The van der Waals surface area contributed by atoms with Crippen molar-refractivity contribution >= 4 is 11.6 Å². The van der Waals surface area contributed by atoms with Crippen LogP contribution >= 0.6 is 0 Å². The monoisotopic (exact) mass is 273 g/mol. The zero-order chi connectivity index (χ0) is 14.1. The number of likely N-dealkylation sites (N-methyl/N-ethyl adjacent to an activating group) is 1. The van der Waals surface area contributed by atoms with Crippen molar-refractivity contribution in [3.8, 4) is 0 Å². The smallest absolute Gasteiger partial charge is 0.245 e. The second-order valence-electron chi connectivity index (χ2n) is 5.72. The van der Waals surface area contributed by atoms with Gasteiger partial charge in [-0.05, 0) is 31.0 Å². The molecule has 1 amide bonds. The van der Waals surface area contributed by atoms with E-state index in [-0.39, 0.29) is 11.9 Å². The second kappa shape index (κ2) is 5.44. The molecular formula is C16H23N3O. The lowest BCUT2D eigenvalue weighted by molar-refractivity contribution is -0.127.